The lowest BCUT2D eigenvalue weighted by Gasteiger charge is -2.15. The summed E-state index contributed by atoms with van der Waals surface area (Å²) in [6.45, 7) is 4.41. The zero-order valence-electron chi connectivity index (χ0n) is 21.7. The first-order valence-electron chi connectivity index (χ1n) is 13.2. The van der Waals surface area contributed by atoms with Crippen molar-refractivity contribution in [1.82, 2.24) is 9.97 Å². The van der Waals surface area contributed by atoms with E-state index in [0.717, 1.165) is 43.7 Å². The van der Waals surface area contributed by atoms with Crippen molar-refractivity contribution in [2.45, 2.75) is 13.8 Å². The molecule has 0 aliphatic carbocycles. The zero-order chi connectivity index (χ0) is 26.1. The van der Waals surface area contributed by atoms with E-state index in [1.807, 2.05) is 12.1 Å². The van der Waals surface area contributed by atoms with Gasteiger partial charge in [-0.1, -0.05) is 72.8 Å². The molecule has 39 heavy (non-hydrogen) atoms. The summed E-state index contributed by atoms with van der Waals surface area (Å²) in [5.41, 5.74) is 11.1. The van der Waals surface area contributed by atoms with Gasteiger partial charge in [0.2, 0.25) is 0 Å². The van der Waals surface area contributed by atoms with Crippen molar-refractivity contribution in [3.05, 3.63) is 121 Å². The first-order valence-corrected chi connectivity index (χ1v) is 13.2. The topological polar surface area (TPSA) is 38.9 Å². The Bertz CT molecular complexity index is 2220. The number of hydrogen-bond acceptors (Lipinski definition) is 3. The summed E-state index contributed by atoms with van der Waals surface area (Å²) in [5.74, 6) is 0. The van der Waals surface area contributed by atoms with E-state index in [0.29, 0.717) is 0 Å². The van der Waals surface area contributed by atoms with Gasteiger partial charge in [0.25, 0.3) is 0 Å². The van der Waals surface area contributed by atoms with Crippen LogP contribution in [0.1, 0.15) is 11.1 Å². The predicted molar refractivity (Wildman–Crippen MR) is 162 cm³/mol. The normalized spacial score (nSPS) is 11.8. The largest absolute Gasteiger partial charge is 0.456 e. The molecule has 2 heterocycles. The number of furan rings is 1. The van der Waals surface area contributed by atoms with Crippen LogP contribution in [-0.2, 0) is 0 Å². The lowest BCUT2D eigenvalue weighted by atomic mass is 9.90. The van der Waals surface area contributed by atoms with Crippen molar-refractivity contribution in [3.63, 3.8) is 0 Å². The average Bonchev–Trinajstić information content (AvgIpc) is 3.36. The van der Waals surface area contributed by atoms with Crippen LogP contribution in [0.15, 0.2) is 114 Å². The van der Waals surface area contributed by atoms with Crippen molar-refractivity contribution >= 4 is 54.5 Å². The van der Waals surface area contributed by atoms with E-state index in [1.165, 1.54) is 44.2 Å². The molecule has 0 unspecified atom stereocenters. The third-order valence-corrected chi connectivity index (χ3v) is 8.02. The third-order valence-electron chi connectivity index (χ3n) is 8.02. The molecule has 0 N–H and O–H groups in total. The SMILES string of the molecule is Cc1cc(-c2ccc3c(c2)c2ccccc2c2nccnc32)c(C)cc1-c1ccc2oc3ccccc3c2c1. The Kier molecular flexibility index (Phi) is 4.65. The van der Waals surface area contributed by atoms with Crippen molar-refractivity contribution in [1.29, 1.82) is 0 Å². The number of fused-ring (bicyclic) bond motifs is 9. The quantitative estimate of drug-likeness (QED) is 0.222. The summed E-state index contributed by atoms with van der Waals surface area (Å²) in [4.78, 5) is 9.37. The van der Waals surface area contributed by atoms with Crippen LogP contribution in [0, 0.1) is 13.8 Å². The van der Waals surface area contributed by atoms with Gasteiger partial charge in [0, 0.05) is 33.9 Å². The Labute approximate surface area is 225 Å². The van der Waals surface area contributed by atoms with E-state index in [9.17, 15) is 0 Å². The minimum Gasteiger partial charge on any atom is -0.456 e. The second kappa shape index (κ2) is 8.24. The molecular weight excluding hydrogens is 476 g/mol. The fourth-order valence-electron chi connectivity index (χ4n) is 6.13. The molecule has 3 nitrogen and oxygen atoms in total. The van der Waals surface area contributed by atoms with Crippen molar-refractivity contribution in [2.24, 2.45) is 0 Å². The molecule has 8 aromatic rings. The fourth-order valence-corrected chi connectivity index (χ4v) is 6.13. The summed E-state index contributed by atoms with van der Waals surface area (Å²) in [7, 11) is 0. The highest BCUT2D eigenvalue weighted by atomic mass is 16.3. The summed E-state index contributed by atoms with van der Waals surface area (Å²) in [6.07, 6.45) is 3.55. The Morgan fingerprint density at radius 3 is 1.72 bits per heavy atom. The second-order valence-corrected chi connectivity index (χ2v) is 10.4. The number of para-hydroxylation sites is 1. The number of nitrogens with zero attached hydrogens (tertiary/aromatic N) is 2. The smallest absolute Gasteiger partial charge is 0.135 e. The molecule has 0 radical (unpaired) electrons. The second-order valence-electron chi connectivity index (χ2n) is 10.4. The van der Waals surface area contributed by atoms with Crippen molar-refractivity contribution in [2.75, 3.05) is 0 Å². The molecule has 0 saturated carbocycles. The van der Waals surface area contributed by atoms with Gasteiger partial charge in [-0.25, -0.2) is 0 Å². The van der Waals surface area contributed by atoms with Crippen LogP contribution in [0.25, 0.3) is 76.8 Å². The summed E-state index contributed by atoms with van der Waals surface area (Å²) < 4.78 is 6.06. The maximum absolute atomic E-state index is 6.06. The van der Waals surface area contributed by atoms with Gasteiger partial charge in [0.1, 0.15) is 11.2 Å². The lowest BCUT2D eigenvalue weighted by Crippen LogP contribution is -1.92. The first-order chi connectivity index (χ1) is 19.2. The molecule has 2 aromatic heterocycles. The average molecular weight is 501 g/mol. The van der Waals surface area contributed by atoms with E-state index in [2.05, 4.69) is 104 Å². The summed E-state index contributed by atoms with van der Waals surface area (Å²) >= 11 is 0. The van der Waals surface area contributed by atoms with E-state index >= 15 is 0 Å². The standard InChI is InChI=1S/C36H24N2O/c1-21-18-30(24-12-14-34-32(20-24)26-8-5-6-10-33(26)39-34)22(2)17-29(21)23-11-13-28-31(19-23)25-7-3-4-9-27(25)35-36(28)38-16-15-37-35/h3-20H,1-2H3. The Balaban J connectivity index is 1.30. The van der Waals surface area contributed by atoms with Gasteiger partial charge in [-0.15, -0.1) is 0 Å². The van der Waals surface area contributed by atoms with Crippen LogP contribution in [0.3, 0.4) is 0 Å². The number of aromatic nitrogens is 2. The first kappa shape index (κ1) is 22.0. The molecule has 0 fully saturated rings. The number of aryl methyl sites for hydroxylation is 2. The van der Waals surface area contributed by atoms with Gasteiger partial charge in [0.15, 0.2) is 0 Å². The molecule has 0 bridgehead atoms. The molecule has 8 rings (SSSR count). The fraction of sp³-hybridized carbons (Fsp3) is 0.0556. The lowest BCUT2D eigenvalue weighted by molar-refractivity contribution is 0.669. The van der Waals surface area contributed by atoms with E-state index in [-0.39, 0.29) is 0 Å². The molecule has 6 aromatic carbocycles. The number of benzene rings is 6. The minimum absolute atomic E-state index is 0.923. The molecule has 0 saturated heterocycles. The van der Waals surface area contributed by atoms with Crippen molar-refractivity contribution in [3.8, 4) is 22.3 Å². The van der Waals surface area contributed by atoms with Gasteiger partial charge in [0.05, 0.1) is 11.0 Å². The Hall–Kier alpha value is -5.02. The third kappa shape index (κ3) is 3.30. The minimum atomic E-state index is 0.923. The van der Waals surface area contributed by atoms with Crippen LogP contribution in [0.5, 0.6) is 0 Å². The maximum atomic E-state index is 6.06. The Morgan fingerprint density at radius 2 is 1.00 bits per heavy atom. The zero-order valence-corrected chi connectivity index (χ0v) is 21.7. The summed E-state index contributed by atoms with van der Waals surface area (Å²) in [5, 5.41) is 6.98. The van der Waals surface area contributed by atoms with Crippen LogP contribution < -0.4 is 0 Å². The molecule has 3 heteroatoms. The molecule has 0 aliphatic heterocycles. The highest BCUT2D eigenvalue weighted by molar-refractivity contribution is 6.23. The number of hydrogen-bond donors (Lipinski definition) is 0. The molecule has 184 valence electrons. The van der Waals surface area contributed by atoms with Gasteiger partial charge >= 0.3 is 0 Å². The van der Waals surface area contributed by atoms with Crippen molar-refractivity contribution < 1.29 is 4.42 Å². The molecule has 0 atom stereocenters. The van der Waals surface area contributed by atoms with Gasteiger partial charge < -0.3 is 4.42 Å². The van der Waals surface area contributed by atoms with Gasteiger partial charge in [-0.3, -0.25) is 9.97 Å². The van der Waals surface area contributed by atoms with E-state index in [4.69, 9.17) is 9.40 Å². The maximum Gasteiger partial charge on any atom is 0.135 e. The molecular formula is C36H24N2O. The number of rotatable bonds is 2. The van der Waals surface area contributed by atoms with E-state index < -0.39 is 0 Å². The Morgan fingerprint density at radius 1 is 0.462 bits per heavy atom. The highest BCUT2D eigenvalue weighted by Crippen LogP contribution is 2.39. The predicted octanol–water partition coefficient (Wildman–Crippen LogP) is 9.79. The van der Waals surface area contributed by atoms with Gasteiger partial charge in [-0.2, -0.15) is 0 Å². The monoisotopic (exact) mass is 500 g/mol. The van der Waals surface area contributed by atoms with Crippen LogP contribution >= 0.6 is 0 Å². The highest BCUT2D eigenvalue weighted by Gasteiger charge is 2.14. The molecule has 0 aliphatic rings. The molecule has 0 amide bonds. The van der Waals surface area contributed by atoms with Crippen LogP contribution in [0.4, 0.5) is 0 Å². The van der Waals surface area contributed by atoms with Crippen LogP contribution in [-0.4, -0.2) is 9.97 Å². The van der Waals surface area contributed by atoms with Crippen LogP contribution in [0.2, 0.25) is 0 Å². The summed E-state index contributed by atoms with van der Waals surface area (Å²) in [6, 6.07) is 34.6. The molecule has 0 spiro atoms. The van der Waals surface area contributed by atoms with Gasteiger partial charge in [-0.05, 0) is 82.3 Å². The van der Waals surface area contributed by atoms with E-state index in [1.54, 1.807) is 12.4 Å².